The molecule has 0 aromatic carbocycles. The van der Waals surface area contributed by atoms with E-state index in [4.69, 9.17) is 8.94 Å². The van der Waals surface area contributed by atoms with E-state index < -0.39 is 30.8 Å². The molecule has 0 bridgehead atoms. The number of amides is 1. The van der Waals surface area contributed by atoms with Crippen molar-refractivity contribution in [3.8, 4) is 11.4 Å². The molecule has 7 nitrogen and oxygen atoms in total. The maximum Gasteiger partial charge on any atom is 0.267 e. The normalized spacial score (nSPS) is 19.3. The molecule has 4 heterocycles. The third-order valence-corrected chi connectivity index (χ3v) is 3.96. The summed E-state index contributed by atoms with van der Waals surface area (Å²) < 4.78 is 37.9. The van der Waals surface area contributed by atoms with Crippen molar-refractivity contribution in [2.24, 2.45) is 0 Å². The van der Waals surface area contributed by atoms with Crippen LogP contribution in [0.15, 0.2) is 52.1 Å². The summed E-state index contributed by atoms with van der Waals surface area (Å²) in [5.41, 5.74) is 0.832. The number of halogens is 2. The monoisotopic (exact) mass is 346 g/mol. The van der Waals surface area contributed by atoms with E-state index in [1.54, 1.807) is 24.5 Å². The Bertz CT molecular complexity index is 880. The maximum absolute atomic E-state index is 13.9. The van der Waals surface area contributed by atoms with Gasteiger partial charge in [0, 0.05) is 24.4 Å². The highest BCUT2D eigenvalue weighted by molar-refractivity contribution is 5.94. The Kier molecular flexibility index (Phi) is 3.56. The number of furan rings is 1. The molecule has 3 aromatic rings. The lowest BCUT2D eigenvalue weighted by molar-refractivity contribution is 0.0117. The van der Waals surface area contributed by atoms with Crippen LogP contribution in [-0.2, 0) is 0 Å². The van der Waals surface area contributed by atoms with Gasteiger partial charge in [0.05, 0.1) is 18.4 Å². The fraction of sp³-hybridized carbons (Fsp3) is 0.250. The van der Waals surface area contributed by atoms with Crippen molar-refractivity contribution >= 4 is 5.91 Å². The van der Waals surface area contributed by atoms with Gasteiger partial charge in [0.1, 0.15) is 12.3 Å². The summed E-state index contributed by atoms with van der Waals surface area (Å²) in [7, 11) is 0. The molecule has 1 amide bonds. The van der Waals surface area contributed by atoms with Gasteiger partial charge in [-0.15, -0.1) is 0 Å². The van der Waals surface area contributed by atoms with E-state index in [-0.39, 0.29) is 17.3 Å². The summed E-state index contributed by atoms with van der Waals surface area (Å²) in [6, 6.07) is 3.77. The number of alkyl halides is 2. The second kappa shape index (κ2) is 5.76. The van der Waals surface area contributed by atoms with Crippen molar-refractivity contribution in [3.05, 3.63) is 54.6 Å². The van der Waals surface area contributed by atoms with E-state index in [0.29, 0.717) is 5.56 Å². The lowest BCUT2D eigenvalue weighted by Gasteiger charge is -2.20. The highest BCUT2D eigenvalue weighted by atomic mass is 19.3. The first-order chi connectivity index (χ1) is 12.0. The molecule has 0 aliphatic carbocycles. The van der Waals surface area contributed by atoms with Crippen LogP contribution in [0.4, 0.5) is 8.78 Å². The summed E-state index contributed by atoms with van der Waals surface area (Å²) in [6.45, 7) is -0.714. The Morgan fingerprint density at radius 2 is 2.08 bits per heavy atom. The van der Waals surface area contributed by atoms with Crippen molar-refractivity contribution < 1.29 is 22.5 Å². The average Bonchev–Trinajstić information content (AvgIpc) is 3.34. The van der Waals surface area contributed by atoms with E-state index in [1.165, 1.54) is 18.6 Å². The molecule has 1 saturated heterocycles. The van der Waals surface area contributed by atoms with E-state index in [9.17, 15) is 13.6 Å². The Morgan fingerprint density at radius 1 is 1.28 bits per heavy atom. The van der Waals surface area contributed by atoms with Crippen molar-refractivity contribution in [3.63, 3.8) is 0 Å². The van der Waals surface area contributed by atoms with Crippen LogP contribution in [0, 0.1) is 0 Å². The van der Waals surface area contributed by atoms with Crippen LogP contribution in [0.25, 0.3) is 11.4 Å². The first kappa shape index (κ1) is 15.4. The van der Waals surface area contributed by atoms with Gasteiger partial charge >= 0.3 is 0 Å². The molecule has 25 heavy (non-hydrogen) atoms. The molecule has 0 N–H and O–H groups in total. The molecule has 0 unspecified atom stereocenters. The zero-order valence-corrected chi connectivity index (χ0v) is 12.8. The molecule has 0 saturated carbocycles. The number of nitrogens with zero attached hydrogens (tertiary/aromatic N) is 4. The zero-order valence-electron chi connectivity index (χ0n) is 12.8. The van der Waals surface area contributed by atoms with Crippen LogP contribution in [-0.4, -0.2) is 38.4 Å². The van der Waals surface area contributed by atoms with Crippen molar-refractivity contribution in [1.29, 1.82) is 0 Å². The second-order valence-corrected chi connectivity index (χ2v) is 5.71. The number of hydrogen-bond acceptors (Lipinski definition) is 6. The summed E-state index contributed by atoms with van der Waals surface area (Å²) in [5.74, 6) is -3.38. The van der Waals surface area contributed by atoms with Gasteiger partial charge in [0.15, 0.2) is 0 Å². The smallest absolute Gasteiger partial charge is 0.267 e. The standard InChI is InChI=1S/C16H12F2N4O3/c17-16(18)7-12(22(9-16)15(23)11-3-6-24-8-11)14-20-13(21-25-14)10-1-4-19-5-2-10/h1-6,8,12H,7,9H2/t12-/m0/s1. The lowest BCUT2D eigenvalue weighted by atomic mass is 10.2. The van der Waals surface area contributed by atoms with Gasteiger partial charge in [-0.05, 0) is 18.2 Å². The zero-order chi connectivity index (χ0) is 17.4. The number of hydrogen-bond donors (Lipinski definition) is 0. The maximum atomic E-state index is 13.9. The van der Waals surface area contributed by atoms with Gasteiger partial charge in [-0.25, -0.2) is 8.78 Å². The fourth-order valence-corrected chi connectivity index (χ4v) is 2.79. The van der Waals surface area contributed by atoms with E-state index in [2.05, 4.69) is 15.1 Å². The van der Waals surface area contributed by atoms with Crippen molar-refractivity contribution in [1.82, 2.24) is 20.0 Å². The van der Waals surface area contributed by atoms with Gasteiger partial charge in [-0.1, -0.05) is 5.16 Å². The van der Waals surface area contributed by atoms with Gasteiger partial charge in [0.2, 0.25) is 11.7 Å². The molecule has 0 spiro atoms. The van der Waals surface area contributed by atoms with Gasteiger partial charge < -0.3 is 13.8 Å². The SMILES string of the molecule is O=C(c1ccoc1)N1CC(F)(F)C[C@H]1c1nc(-c2ccncc2)no1. The minimum atomic E-state index is -3.03. The first-order valence-electron chi connectivity index (χ1n) is 7.48. The minimum Gasteiger partial charge on any atom is -0.472 e. The molecule has 1 aliphatic heterocycles. The second-order valence-electron chi connectivity index (χ2n) is 5.71. The molecule has 1 atom stereocenters. The predicted molar refractivity (Wildman–Crippen MR) is 79.6 cm³/mol. The number of aromatic nitrogens is 3. The summed E-state index contributed by atoms with van der Waals surface area (Å²) in [4.78, 5) is 21.6. The quantitative estimate of drug-likeness (QED) is 0.725. The van der Waals surface area contributed by atoms with Gasteiger partial charge in [0.25, 0.3) is 11.8 Å². The molecular formula is C16H12F2N4O3. The van der Waals surface area contributed by atoms with Crippen LogP contribution >= 0.6 is 0 Å². The highest BCUT2D eigenvalue weighted by Gasteiger charge is 2.50. The average molecular weight is 346 g/mol. The predicted octanol–water partition coefficient (Wildman–Crippen LogP) is 2.95. The topological polar surface area (TPSA) is 85.3 Å². The molecule has 1 fully saturated rings. The lowest BCUT2D eigenvalue weighted by Crippen LogP contribution is -2.32. The molecule has 4 rings (SSSR count). The largest absolute Gasteiger partial charge is 0.472 e. The number of carbonyl (C=O) groups excluding carboxylic acids is 1. The summed E-state index contributed by atoms with van der Waals surface area (Å²) in [6.07, 6.45) is 5.07. The molecule has 3 aromatic heterocycles. The number of carbonyl (C=O) groups is 1. The molecule has 1 aliphatic rings. The van der Waals surface area contributed by atoms with Crippen LogP contribution < -0.4 is 0 Å². The number of rotatable bonds is 3. The number of likely N-dealkylation sites (tertiary alicyclic amines) is 1. The Hall–Kier alpha value is -3.10. The fourth-order valence-electron chi connectivity index (χ4n) is 2.79. The summed E-state index contributed by atoms with van der Waals surface area (Å²) in [5, 5.41) is 3.82. The van der Waals surface area contributed by atoms with E-state index >= 15 is 0 Å². The Morgan fingerprint density at radius 3 is 2.80 bits per heavy atom. The van der Waals surface area contributed by atoms with E-state index in [0.717, 1.165) is 4.90 Å². The van der Waals surface area contributed by atoms with Crippen LogP contribution in [0.1, 0.15) is 28.7 Å². The first-order valence-corrected chi connectivity index (χ1v) is 7.48. The Labute approximate surface area is 140 Å². The molecule has 128 valence electrons. The van der Waals surface area contributed by atoms with Crippen molar-refractivity contribution in [2.45, 2.75) is 18.4 Å². The third kappa shape index (κ3) is 2.88. The van der Waals surface area contributed by atoms with Gasteiger partial charge in [-0.3, -0.25) is 9.78 Å². The van der Waals surface area contributed by atoms with Crippen LogP contribution in [0.2, 0.25) is 0 Å². The van der Waals surface area contributed by atoms with Crippen LogP contribution in [0.3, 0.4) is 0 Å². The highest BCUT2D eigenvalue weighted by Crippen LogP contribution is 2.41. The van der Waals surface area contributed by atoms with Gasteiger partial charge in [-0.2, -0.15) is 4.98 Å². The van der Waals surface area contributed by atoms with Crippen LogP contribution in [0.5, 0.6) is 0 Å². The summed E-state index contributed by atoms with van der Waals surface area (Å²) >= 11 is 0. The third-order valence-electron chi connectivity index (χ3n) is 3.96. The molecule has 9 heteroatoms. The minimum absolute atomic E-state index is 0.0270. The Balaban J connectivity index is 1.65. The van der Waals surface area contributed by atoms with Crippen molar-refractivity contribution in [2.75, 3.05) is 6.54 Å². The van der Waals surface area contributed by atoms with E-state index in [1.807, 2.05) is 0 Å². The number of pyridine rings is 1. The molecule has 0 radical (unpaired) electrons. The molecular weight excluding hydrogens is 334 g/mol.